The van der Waals surface area contributed by atoms with Gasteiger partial charge in [0, 0.05) is 29.7 Å². The van der Waals surface area contributed by atoms with Crippen LogP contribution in [0.15, 0.2) is 32.7 Å². The number of rotatable bonds is 7. The summed E-state index contributed by atoms with van der Waals surface area (Å²) in [5, 5.41) is -0.0415. The predicted molar refractivity (Wildman–Crippen MR) is 128 cm³/mol. The van der Waals surface area contributed by atoms with E-state index in [4.69, 9.17) is 16.3 Å². The molecule has 0 radical (unpaired) electrons. The van der Waals surface area contributed by atoms with Gasteiger partial charge in [-0.2, -0.15) is 24.9 Å². The number of benzene rings is 1. The average Bonchev–Trinajstić information content (AvgIpc) is 3.28. The van der Waals surface area contributed by atoms with Crippen LogP contribution in [0.25, 0.3) is 5.69 Å². The van der Waals surface area contributed by atoms with Crippen molar-refractivity contribution in [3.8, 4) is 5.69 Å². The quantitative estimate of drug-likeness (QED) is 0.279. The van der Waals surface area contributed by atoms with Crippen molar-refractivity contribution in [3.05, 3.63) is 55.6 Å². The van der Waals surface area contributed by atoms with Gasteiger partial charge < -0.3 is 4.74 Å². The highest BCUT2D eigenvalue weighted by Gasteiger charge is 2.35. The summed E-state index contributed by atoms with van der Waals surface area (Å²) in [5.74, 6) is 1.01. The zero-order valence-corrected chi connectivity index (χ0v) is 21.5. The maximum atomic E-state index is 14.7. The van der Waals surface area contributed by atoms with Crippen molar-refractivity contribution in [2.75, 3.05) is 23.9 Å². The second-order valence-corrected chi connectivity index (χ2v) is 11.4. The minimum absolute atomic E-state index is 0.0415. The Hall–Kier alpha value is -1.92. The molecule has 3 rings (SSSR count). The van der Waals surface area contributed by atoms with E-state index in [1.807, 2.05) is 11.8 Å². The summed E-state index contributed by atoms with van der Waals surface area (Å²) in [4.78, 5) is 37.8. The van der Waals surface area contributed by atoms with Crippen molar-refractivity contribution in [1.82, 2.24) is 9.13 Å². The van der Waals surface area contributed by atoms with Crippen molar-refractivity contribution in [2.24, 2.45) is 18.4 Å². The predicted octanol–water partition coefficient (Wildman–Crippen LogP) is 4.76. The van der Waals surface area contributed by atoms with Crippen LogP contribution in [-0.2, 0) is 22.8 Å². The topological polar surface area (TPSA) is 70.3 Å². The van der Waals surface area contributed by atoms with Crippen molar-refractivity contribution >= 4 is 41.1 Å². The monoisotopic (exact) mass is 554 g/mol. The van der Waals surface area contributed by atoms with E-state index in [0.717, 1.165) is 48.9 Å². The summed E-state index contributed by atoms with van der Waals surface area (Å²) in [6.45, 7) is 3.70. The number of hydrogen-bond donors (Lipinski definition) is 0. The van der Waals surface area contributed by atoms with Crippen LogP contribution in [0.4, 0.5) is 17.6 Å². The molecule has 0 amide bonds. The number of carbonyl (C=O) groups excluding carboxylic acids is 1. The summed E-state index contributed by atoms with van der Waals surface area (Å²) in [6.07, 6.45) is -3.95. The molecule has 0 saturated carbocycles. The molecule has 0 bridgehead atoms. The van der Waals surface area contributed by atoms with E-state index in [1.165, 1.54) is 0 Å². The number of aromatic nitrogens is 2. The SMILES string of the molecule is Cn1c(C(F)(F)F)cc(=O)n(-c2cc(SCC(C)(C)C(=O)OCC3CCSC3)c(Cl)cc2F)c1=O. The van der Waals surface area contributed by atoms with Crippen molar-refractivity contribution in [1.29, 1.82) is 0 Å². The molecule has 1 aromatic carbocycles. The van der Waals surface area contributed by atoms with E-state index in [0.29, 0.717) is 17.1 Å². The van der Waals surface area contributed by atoms with Gasteiger partial charge in [-0.05, 0) is 43.9 Å². The molecular formula is C22H23ClF4N2O4S2. The molecule has 1 aliphatic heterocycles. The molecule has 2 heterocycles. The van der Waals surface area contributed by atoms with Gasteiger partial charge in [-0.25, -0.2) is 13.8 Å². The number of alkyl halides is 3. The lowest BCUT2D eigenvalue weighted by Gasteiger charge is -2.23. The van der Waals surface area contributed by atoms with Crippen LogP contribution < -0.4 is 11.2 Å². The van der Waals surface area contributed by atoms with Crippen LogP contribution in [0.2, 0.25) is 5.02 Å². The van der Waals surface area contributed by atoms with E-state index in [2.05, 4.69) is 0 Å². The van der Waals surface area contributed by atoms with Gasteiger partial charge in [-0.1, -0.05) is 11.6 Å². The molecule has 1 aliphatic rings. The molecule has 6 nitrogen and oxygen atoms in total. The minimum atomic E-state index is -4.94. The van der Waals surface area contributed by atoms with Gasteiger partial charge in [-0.3, -0.25) is 14.2 Å². The normalized spacial score (nSPS) is 16.5. The largest absolute Gasteiger partial charge is 0.465 e. The summed E-state index contributed by atoms with van der Waals surface area (Å²) < 4.78 is 60.0. The molecule has 1 aromatic heterocycles. The Kier molecular flexibility index (Phi) is 8.37. The molecule has 0 aliphatic carbocycles. The zero-order chi connectivity index (χ0) is 26.1. The Morgan fingerprint density at radius 1 is 1.26 bits per heavy atom. The third-order valence-corrected chi connectivity index (χ3v) is 8.64. The average molecular weight is 555 g/mol. The molecule has 1 fully saturated rings. The molecule has 2 aromatic rings. The maximum absolute atomic E-state index is 14.7. The lowest BCUT2D eigenvalue weighted by molar-refractivity contribution is -0.153. The summed E-state index contributed by atoms with van der Waals surface area (Å²) >= 11 is 9.03. The van der Waals surface area contributed by atoms with Crippen LogP contribution in [0.3, 0.4) is 0 Å². The fraction of sp³-hybridized carbons (Fsp3) is 0.500. The summed E-state index contributed by atoms with van der Waals surface area (Å²) in [6, 6.07) is 2.20. The lowest BCUT2D eigenvalue weighted by Crippen LogP contribution is -2.41. The van der Waals surface area contributed by atoms with E-state index >= 15 is 0 Å². The number of ether oxygens (including phenoxy) is 1. The second-order valence-electron chi connectivity index (χ2n) is 8.78. The standard InChI is InChI=1S/C22H23ClF4N2O4S2/c1-21(2,19(31)33-9-12-4-5-34-10-12)11-35-16-7-15(14(24)6-13(16)23)29-18(30)8-17(22(25,26)27)28(3)20(29)32/h6-8,12H,4-5,9-11H2,1-3H3. The molecule has 0 spiro atoms. The molecule has 13 heteroatoms. The van der Waals surface area contributed by atoms with Crippen molar-refractivity contribution < 1.29 is 27.1 Å². The van der Waals surface area contributed by atoms with Crippen LogP contribution in [-0.4, -0.2) is 39.0 Å². The fourth-order valence-corrected chi connectivity index (χ4v) is 5.94. The Morgan fingerprint density at radius 3 is 2.54 bits per heavy atom. The molecule has 1 saturated heterocycles. The fourth-order valence-electron chi connectivity index (χ4n) is 3.34. The molecule has 35 heavy (non-hydrogen) atoms. The van der Waals surface area contributed by atoms with E-state index in [-0.39, 0.29) is 26.3 Å². The van der Waals surface area contributed by atoms with E-state index in [1.54, 1.807) is 13.8 Å². The Bertz CT molecular complexity index is 1240. The number of nitrogens with zero attached hydrogens (tertiary/aromatic N) is 2. The van der Waals surface area contributed by atoms with Gasteiger partial charge in [0.1, 0.15) is 11.5 Å². The number of carbonyl (C=O) groups is 1. The van der Waals surface area contributed by atoms with Gasteiger partial charge in [0.2, 0.25) is 0 Å². The molecule has 1 unspecified atom stereocenters. The van der Waals surface area contributed by atoms with E-state index in [9.17, 15) is 31.9 Å². The van der Waals surface area contributed by atoms with Gasteiger partial charge in [0.25, 0.3) is 5.56 Å². The number of esters is 1. The lowest BCUT2D eigenvalue weighted by atomic mass is 9.97. The number of halogens is 5. The minimum Gasteiger partial charge on any atom is -0.465 e. The second kappa shape index (κ2) is 10.6. The van der Waals surface area contributed by atoms with E-state index < -0.39 is 46.0 Å². The Morgan fingerprint density at radius 2 is 1.94 bits per heavy atom. The Balaban J connectivity index is 1.86. The van der Waals surface area contributed by atoms with Crippen LogP contribution in [0.1, 0.15) is 26.0 Å². The van der Waals surface area contributed by atoms with Gasteiger partial charge >= 0.3 is 17.8 Å². The first-order chi connectivity index (χ1) is 16.2. The van der Waals surface area contributed by atoms with Crippen LogP contribution >= 0.6 is 35.1 Å². The third-order valence-electron chi connectivity index (χ3n) is 5.47. The maximum Gasteiger partial charge on any atom is 0.431 e. The third kappa shape index (κ3) is 6.26. The first-order valence-electron chi connectivity index (χ1n) is 10.5. The molecular weight excluding hydrogens is 532 g/mol. The molecule has 192 valence electrons. The highest BCUT2D eigenvalue weighted by atomic mass is 35.5. The summed E-state index contributed by atoms with van der Waals surface area (Å²) in [7, 11) is 0.836. The summed E-state index contributed by atoms with van der Waals surface area (Å²) in [5.41, 5.74) is -5.64. The van der Waals surface area contributed by atoms with Gasteiger partial charge in [-0.15, -0.1) is 11.8 Å². The molecule has 1 atom stereocenters. The van der Waals surface area contributed by atoms with Crippen molar-refractivity contribution in [3.63, 3.8) is 0 Å². The van der Waals surface area contributed by atoms with Crippen molar-refractivity contribution in [2.45, 2.75) is 31.3 Å². The van der Waals surface area contributed by atoms with Crippen LogP contribution in [0.5, 0.6) is 0 Å². The first kappa shape index (κ1) is 27.7. The number of hydrogen-bond acceptors (Lipinski definition) is 6. The number of thioether (sulfide) groups is 2. The van der Waals surface area contributed by atoms with Crippen LogP contribution in [0, 0.1) is 17.2 Å². The zero-order valence-electron chi connectivity index (χ0n) is 19.1. The Labute approximate surface area is 212 Å². The first-order valence-corrected chi connectivity index (χ1v) is 13.0. The highest BCUT2D eigenvalue weighted by molar-refractivity contribution is 7.99. The van der Waals surface area contributed by atoms with Gasteiger partial charge in [0.15, 0.2) is 0 Å². The highest BCUT2D eigenvalue weighted by Crippen LogP contribution is 2.36. The smallest absolute Gasteiger partial charge is 0.431 e. The van der Waals surface area contributed by atoms with Gasteiger partial charge in [0.05, 0.1) is 22.7 Å². The molecule has 0 N–H and O–H groups in total.